The van der Waals surface area contributed by atoms with Crippen molar-refractivity contribution in [3.63, 3.8) is 0 Å². The van der Waals surface area contributed by atoms with Crippen LogP contribution < -0.4 is 30.1 Å². The topological polar surface area (TPSA) is 92.2 Å². The first-order chi connectivity index (χ1) is 17.9. The molecule has 4 rings (SSSR count). The SMILES string of the molecule is CCN(CC1COC(NNC2=NC(CN(C)c3ccc(F)c(OC)c3)CO2)=N1)c1ccc(F)c(OC)c1. The Hall–Kier alpha value is -3.96. The Morgan fingerprint density at radius 2 is 1.38 bits per heavy atom. The number of ether oxygens (including phenoxy) is 4. The van der Waals surface area contributed by atoms with Crippen LogP contribution in [0.25, 0.3) is 0 Å². The number of halogens is 2. The number of likely N-dealkylation sites (N-methyl/N-ethyl adjacent to an activating group) is 2. The minimum Gasteiger partial charge on any atom is -0.494 e. The molecule has 2 aliphatic heterocycles. The number of hydrogen-bond acceptors (Lipinski definition) is 10. The van der Waals surface area contributed by atoms with Crippen LogP contribution in [0.3, 0.4) is 0 Å². The van der Waals surface area contributed by atoms with Crippen LogP contribution in [-0.4, -0.2) is 78.2 Å². The van der Waals surface area contributed by atoms with Crippen LogP contribution in [0.15, 0.2) is 46.4 Å². The number of hydrogen-bond donors (Lipinski definition) is 2. The van der Waals surface area contributed by atoms with E-state index in [4.69, 9.17) is 18.9 Å². The second kappa shape index (κ2) is 11.8. The Balaban J connectivity index is 1.27. The lowest BCUT2D eigenvalue weighted by Gasteiger charge is -2.25. The minimum absolute atomic E-state index is 0.110. The van der Waals surface area contributed by atoms with Crippen LogP contribution in [0.2, 0.25) is 0 Å². The summed E-state index contributed by atoms with van der Waals surface area (Å²) in [7, 11) is 4.78. The molecule has 2 N–H and O–H groups in total. The maximum absolute atomic E-state index is 13.8. The van der Waals surface area contributed by atoms with Gasteiger partial charge in [-0.05, 0) is 31.2 Å². The number of nitrogens with zero attached hydrogens (tertiary/aromatic N) is 4. The fourth-order valence-corrected chi connectivity index (χ4v) is 4.09. The summed E-state index contributed by atoms with van der Waals surface area (Å²) in [6, 6.07) is 9.95. The molecule has 2 atom stereocenters. The first-order valence-electron chi connectivity index (χ1n) is 12.0. The van der Waals surface area contributed by atoms with Crippen molar-refractivity contribution in [2.45, 2.75) is 19.0 Å². The Morgan fingerprint density at radius 3 is 1.92 bits per heavy atom. The highest BCUT2D eigenvalue weighted by molar-refractivity contribution is 5.81. The molecule has 2 aromatic rings. The molecule has 0 bridgehead atoms. The van der Waals surface area contributed by atoms with Crippen LogP contribution in [0, 0.1) is 11.6 Å². The van der Waals surface area contributed by atoms with Crippen molar-refractivity contribution in [3.05, 3.63) is 48.0 Å². The van der Waals surface area contributed by atoms with Crippen LogP contribution >= 0.6 is 0 Å². The summed E-state index contributed by atoms with van der Waals surface area (Å²) >= 11 is 0. The highest BCUT2D eigenvalue weighted by Crippen LogP contribution is 2.26. The van der Waals surface area contributed by atoms with E-state index in [2.05, 4.69) is 25.7 Å². The lowest BCUT2D eigenvalue weighted by atomic mass is 10.2. The van der Waals surface area contributed by atoms with Crippen LogP contribution in [0.1, 0.15) is 6.92 Å². The van der Waals surface area contributed by atoms with E-state index >= 15 is 0 Å². The largest absolute Gasteiger partial charge is 0.494 e. The maximum Gasteiger partial charge on any atom is 0.304 e. The molecular weight excluding hydrogens is 486 g/mol. The van der Waals surface area contributed by atoms with Crippen molar-refractivity contribution >= 4 is 23.4 Å². The molecular formula is C25H32F2N6O4. The van der Waals surface area contributed by atoms with Gasteiger partial charge < -0.3 is 28.7 Å². The third-order valence-corrected chi connectivity index (χ3v) is 6.07. The fourth-order valence-electron chi connectivity index (χ4n) is 4.09. The minimum atomic E-state index is -0.406. The molecule has 0 spiro atoms. The summed E-state index contributed by atoms with van der Waals surface area (Å²) in [6.07, 6.45) is 0. The van der Waals surface area contributed by atoms with E-state index in [1.54, 1.807) is 24.3 Å². The summed E-state index contributed by atoms with van der Waals surface area (Å²) in [5.74, 6) is -0.411. The molecule has 0 aromatic heterocycles. The van der Waals surface area contributed by atoms with Crippen molar-refractivity contribution in [2.75, 3.05) is 63.9 Å². The van der Waals surface area contributed by atoms with E-state index in [9.17, 15) is 8.78 Å². The zero-order valence-corrected chi connectivity index (χ0v) is 21.3. The highest BCUT2D eigenvalue weighted by Gasteiger charge is 2.24. The Kier molecular flexibility index (Phi) is 8.36. The Morgan fingerprint density at radius 1 is 0.865 bits per heavy atom. The molecule has 0 fully saturated rings. The first-order valence-corrected chi connectivity index (χ1v) is 12.0. The number of rotatable bonds is 9. The molecule has 0 aliphatic carbocycles. The summed E-state index contributed by atoms with van der Waals surface area (Å²) in [4.78, 5) is 13.1. The van der Waals surface area contributed by atoms with Gasteiger partial charge in [0, 0.05) is 50.2 Å². The highest BCUT2D eigenvalue weighted by atomic mass is 19.1. The predicted octanol–water partition coefficient (Wildman–Crippen LogP) is 2.55. The Labute approximate surface area is 214 Å². The van der Waals surface area contributed by atoms with Gasteiger partial charge in [-0.25, -0.2) is 29.6 Å². The number of amidine groups is 2. The van der Waals surface area contributed by atoms with Crippen molar-refractivity contribution in [1.82, 2.24) is 10.9 Å². The van der Waals surface area contributed by atoms with Crippen molar-refractivity contribution in [2.24, 2.45) is 9.98 Å². The monoisotopic (exact) mass is 518 g/mol. The maximum atomic E-state index is 13.8. The third kappa shape index (κ3) is 6.43. The quantitative estimate of drug-likeness (QED) is 0.490. The molecule has 0 saturated heterocycles. The van der Waals surface area contributed by atoms with Gasteiger partial charge in [-0.2, -0.15) is 0 Å². The first kappa shape index (κ1) is 26.1. The number of anilines is 2. The smallest absolute Gasteiger partial charge is 0.304 e. The van der Waals surface area contributed by atoms with E-state index in [0.717, 1.165) is 11.4 Å². The Bertz CT molecular complexity index is 1150. The van der Waals surface area contributed by atoms with Gasteiger partial charge in [-0.3, -0.25) is 0 Å². The van der Waals surface area contributed by atoms with Crippen molar-refractivity contribution < 1.29 is 27.7 Å². The van der Waals surface area contributed by atoms with Gasteiger partial charge in [0.25, 0.3) is 0 Å². The van der Waals surface area contributed by atoms with Gasteiger partial charge in [-0.15, -0.1) is 0 Å². The molecule has 12 heteroatoms. The van der Waals surface area contributed by atoms with Crippen LogP contribution in [0.4, 0.5) is 20.2 Å². The summed E-state index contributed by atoms with van der Waals surface area (Å²) < 4.78 is 48.9. The van der Waals surface area contributed by atoms with E-state index in [0.29, 0.717) is 44.9 Å². The van der Waals surface area contributed by atoms with E-state index in [1.807, 2.05) is 18.9 Å². The van der Waals surface area contributed by atoms with Crippen LogP contribution in [-0.2, 0) is 9.47 Å². The van der Waals surface area contributed by atoms with E-state index < -0.39 is 11.6 Å². The molecule has 0 amide bonds. The number of benzene rings is 2. The molecule has 0 radical (unpaired) electrons. The number of methoxy groups -OCH3 is 2. The van der Waals surface area contributed by atoms with E-state index in [-0.39, 0.29) is 23.6 Å². The van der Waals surface area contributed by atoms with Gasteiger partial charge in [0.05, 0.1) is 14.2 Å². The van der Waals surface area contributed by atoms with Gasteiger partial charge >= 0.3 is 12.0 Å². The normalized spacial score (nSPS) is 18.3. The van der Waals surface area contributed by atoms with Gasteiger partial charge in [0.2, 0.25) is 0 Å². The molecule has 2 aliphatic rings. The molecule has 2 unspecified atom stereocenters. The summed E-state index contributed by atoms with van der Waals surface area (Å²) in [6.45, 7) is 4.70. The third-order valence-electron chi connectivity index (χ3n) is 6.07. The van der Waals surface area contributed by atoms with E-state index in [1.165, 1.54) is 26.4 Å². The van der Waals surface area contributed by atoms with Crippen molar-refractivity contribution in [1.29, 1.82) is 0 Å². The van der Waals surface area contributed by atoms with Crippen LogP contribution in [0.5, 0.6) is 11.5 Å². The second-order valence-corrected chi connectivity index (χ2v) is 8.61. The second-order valence-electron chi connectivity index (χ2n) is 8.61. The number of nitrogens with one attached hydrogen (secondary N) is 2. The predicted molar refractivity (Wildman–Crippen MR) is 138 cm³/mol. The molecule has 2 aromatic carbocycles. The van der Waals surface area contributed by atoms with Gasteiger partial charge in [-0.1, -0.05) is 0 Å². The molecule has 37 heavy (non-hydrogen) atoms. The number of aliphatic imine (C=N–C) groups is 2. The van der Waals surface area contributed by atoms with Crippen molar-refractivity contribution in [3.8, 4) is 11.5 Å². The summed E-state index contributed by atoms with van der Waals surface area (Å²) in [5, 5.41) is 0. The van der Waals surface area contributed by atoms with Gasteiger partial charge in [0.1, 0.15) is 25.3 Å². The lowest BCUT2D eigenvalue weighted by molar-refractivity contribution is 0.288. The van der Waals surface area contributed by atoms with Gasteiger partial charge in [0.15, 0.2) is 23.1 Å². The standard InChI is InChI=1S/C25H32F2N6O4/c1-5-33(19-7-9-21(27)23(11-19)35-4)13-17-15-37-25(29-17)31-30-24-28-16(14-36-24)12-32(2)18-6-8-20(26)22(10-18)34-3/h6-11,16-17H,5,12-15H2,1-4H3,(H,28,30)(H,29,31). The zero-order valence-electron chi connectivity index (χ0n) is 21.3. The average molecular weight is 519 g/mol. The fraction of sp³-hybridized carbons (Fsp3) is 0.440. The average Bonchev–Trinajstić information content (AvgIpc) is 3.55. The molecule has 0 saturated carbocycles. The zero-order chi connectivity index (χ0) is 26.4. The molecule has 2 heterocycles. The number of hydrazine groups is 1. The summed E-state index contributed by atoms with van der Waals surface area (Å²) in [5.41, 5.74) is 7.45. The lowest BCUT2D eigenvalue weighted by Crippen LogP contribution is -2.42. The molecule has 200 valence electrons. The molecule has 10 nitrogen and oxygen atoms in total.